The lowest BCUT2D eigenvalue weighted by molar-refractivity contribution is -0.120. The number of hydrogen-bond donors (Lipinski definition) is 3. The third-order valence-corrected chi connectivity index (χ3v) is 3.62. The molecule has 2 rings (SSSR count). The van der Waals surface area contributed by atoms with Crippen LogP contribution in [0, 0.1) is 0 Å². The van der Waals surface area contributed by atoms with Crippen LogP contribution in [0.1, 0.15) is 0 Å². The predicted molar refractivity (Wildman–Crippen MR) is 69.1 cm³/mol. The van der Waals surface area contributed by atoms with Crippen LogP contribution in [0.25, 0.3) is 0 Å². The van der Waals surface area contributed by atoms with Gasteiger partial charge in [-0.05, 0) is 24.3 Å². The second-order valence-corrected chi connectivity index (χ2v) is 5.70. The Bertz CT molecular complexity index is 550. The van der Waals surface area contributed by atoms with Crippen molar-refractivity contribution in [1.29, 1.82) is 0 Å². The summed E-state index contributed by atoms with van der Waals surface area (Å²) in [6.45, 7) is 1.54. The number of morpholine rings is 1. The van der Waals surface area contributed by atoms with Gasteiger partial charge in [-0.2, -0.15) is 0 Å². The maximum atomic E-state index is 11.9. The van der Waals surface area contributed by atoms with Gasteiger partial charge in [-0.3, -0.25) is 4.79 Å². The summed E-state index contributed by atoms with van der Waals surface area (Å²) in [7, 11) is -3.71. The topological polar surface area (TPSA) is 111 Å². The molecule has 0 aromatic heterocycles. The van der Waals surface area contributed by atoms with Crippen LogP contribution in [-0.4, -0.2) is 40.1 Å². The standard InChI is InChI=1S/C11H15N3O4S/c12-19(16,17)9-3-1-8(2-4-9)14-11(15)10-7-18-6-5-13-10/h1-4,10,13H,5-7H2,(H,14,15)(H2,12,16,17). The Morgan fingerprint density at radius 3 is 2.58 bits per heavy atom. The molecule has 0 aliphatic carbocycles. The fourth-order valence-corrected chi connectivity index (χ4v) is 2.21. The number of nitrogens with one attached hydrogen (secondary N) is 2. The number of carbonyl (C=O) groups is 1. The van der Waals surface area contributed by atoms with Gasteiger partial charge in [0.15, 0.2) is 0 Å². The summed E-state index contributed by atoms with van der Waals surface area (Å²) < 4.78 is 27.3. The van der Waals surface area contributed by atoms with E-state index in [1.165, 1.54) is 24.3 Å². The molecule has 1 fully saturated rings. The number of primary sulfonamides is 1. The Hall–Kier alpha value is -1.48. The second kappa shape index (κ2) is 5.66. The molecule has 1 saturated heterocycles. The molecule has 8 heteroatoms. The van der Waals surface area contributed by atoms with E-state index in [-0.39, 0.29) is 10.8 Å². The molecule has 0 saturated carbocycles. The van der Waals surface area contributed by atoms with E-state index in [1.807, 2.05) is 0 Å². The summed E-state index contributed by atoms with van der Waals surface area (Å²) in [6, 6.07) is 5.26. The van der Waals surface area contributed by atoms with E-state index >= 15 is 0 Å². The van der Waals surface area contributed by atoms with Gasteiger partial charge in [-0.25, -0.2) is 13.6 Å². The number of benzene rings is 1. The van der Waals surface area contributed by atoms with Gasteiger partial charge in [-0.1, -0.05) is 0 Å². The van der Waals surface area contributed by atoms with E-state index in [0.717, 1.165) is 0 Å². The molecule has 0 bridgehead atoms. The first-order valence-electron chi connectivity index (χ1n) is 5.72. The van der Waals surface area contributed by atoms with E-state index in [9.17, 15) is 13.2 Å². The Balaban J connectivity index is 2.01. The number of ether oxygens (including phenoxy) is 1. The van der Waals surface area contributed by atoms with Gasteiger partial charge in [0.2, 0.25) is 15.9 Å². The zero-order valence-corrected chi connectivity index (χ0v) is 10.9. The molecule has 1 aliphatic rings. The van der Waals surface area contributed by atoms with Crippen molar-refractivity contribution in [3.63, 3.8) is 0 Å². The first-order valence-corrected chi connectivity index (χ1v) is 7.26. The molecule has 1 aliphatic heterocycles. The Labute approximate surface area is 111 Å². The lowest BCUT2D eigenvalue weighted by atomic mass is 10.2. The number of amides is 1. The van der Waals surface area contributed by atoms with E-state index in [1.54, 1.807) is 0 Å². The first kappa shape index (κ1) is 13.9. The molecule has 1 aromatic rings. The maximum Gasteiger partial charge on any atom is 0.243 e. The highest BCUT2D eigenvalue weighted by Crippen LogP contribution is 2.13. The van der Waals surface area contributed by atoms with Gasteiger partial charge < -0.3 is 15.4 Å². The third-order valence-electron chi connectivity index (χ3n) is 2.69. The molecule has 0 spiro atoms. The van der Waals surface area contributed by atoms with Crippen LogP contribution >= 0.6 is 0 Å². The molecule has 1 aromatic carbocycles. The van der Waals surface area contributed by atoms with Crippen LogP contribution in [0.4, 0.5) is 5.69 Å². The molecule has 1 amide bonds. The molecule has 0 radical (unpaired) electrons. The molecule has 1 heterocycles. The zero-order valence-electron chi connectivity index (χ0n) is 10.1. The van der Waals surface area contributed by atoms with Crippen LogP contribution in [0.3, 0.4) is 0 Å². The van der Waals surface area contributed by atoms with Gasteiger partial charge in [-0.15, -0.1) is 0 Å². The Morgan fingerprint density at radius 1 is 1.37 bits per heavy atom. The Kier molecular flexibility index (Phi) is 4.15. The van der Waals surface area contributed by atoms with Crippen LogP contribution in [-0.2, 0) is 19.6 Å². The van der Waals surface area contributed by atoms with Gasteiger partial charge in [0.1, 0.15) is 6.04 Å². The van der Waals surface area contributed by atoms with Crippen molar-refractivity contribution < 1.29 is 17.9 Å². The molecular weight excluding hydrogens is 270 g/mol. The van der Waals surface area contributed by atoms with Gasteiger partial charge >= 0.3 is 0 Å². The van der Waals surface area contributed by atoms with Crippen molar-refractivity contribution in [2.24, 2.45) is 5.14 Å². The molecule has 4 N–H and O–H groups in total. The van der Waals surface area contributed by atoms with Gasteiger partial charge in [0, 0.05) is 12.2 Å². The van der Waals surface area contributed by atoms with E-state index < -0.39 is 16.1 Å². The normalized spacial score (nSPS) is 19.9. The molecular formula is C11H15N3O4S. The van der Waals surface area contributed by atoms with Crippen molar-refractivity contribution >= 4 is 21.6 Å². The molecule has 1 atom stereocenters. The molecule has 19 heavy (non-hydrogen) atoms. The average Bonchev–Trinajstić information content (AvgIpc) is 2.39. The summed E-state index contributed by atoms with van der Waals surface area (Å²) in [6.07, 6.45) is 0. The van der Waals surface area contributed by atoms with Crippen LogP contribution < -0.4 is 15.8 Å². The summed E-state index contributed by atoms with van der Waals surface area (Å²) in [4.78, 5) is 11.9. The predicted octanol–water partition coefficient (Wildman–Crippen LogP) is -0.739. The van der Waals surface area contributed by atoms with E-state index in [4.69, 9.17) is 9.88 Å². The highest BCUT2D eigenvalue weighted by Gasteiger charge is 2.21. The third kappa shape index (κ3) is 3.74. The molecule has 1 unspecified atom stereocenters. The first-order chi connectivity index (χ1) is 8.97. The largest absolute Gasteiger partial charge is 0.378 e. The SMILES string of the molecule is NS(=O)(=O)c1ccc(NC(=O)C2COCCN2)cc1. The van der Waals surface area contributed by atoms with Crippen LogP contribution in [0.5, 0.6) is 0 Å². The number of anilines is 1. The number of nitrogens with two attached hydrogens (primary N) is 1. The van der Waals surface area contributed by atoms with Gasteiger partial charge in [0.05, 0.1) is 18.1 Å². The highest BCUT2D eigenvalue weighted by molar-refractivity contribution is 7.89. The Morgan fingerprint density at radius 2 is 2.05 bits per heavy atom. The fraction of sp³-hybridized carbons (Fsp3) is 0.364. The smallest absolute Gasteiger partial charge is 0.243 e. The molecule has 104 valence electrons. The fourth-order valence-electron chi connectivity index (χ4n) is 1.69. The summed E-state index contributed by atoms with van der Waals surface area (Å²) >= 11 is 0. The second-order valence-electron chi connectivity index (χ2n) is 4.14. The van der Waals surface area contributed by atoms with Crippen molar-refractivity contribution in [1.82, 2.24) is 5.32 Å². The minimum absolute atomic E-state index is 0.00428. The summed E-state index contributed by atoms with van der Waals surface area (Å²) in [5.41, 5.74) is 0.504. The monoisotopic (exact) mass is 285 g/mol. The molecule has 7 nitrogen and oxygen atoms in total. The van der Waals surface area contributed by atoms with Crippen molar-refractivity contribution in [2.75, 3.05) is 25.1 Å². The minimum Gasteiger partial charge on any atom is -0.378 e. The van der Waals surface area contributed by atoms with Crippen molar-refractivity contribution in [3.05, 3.63) is 24.3 Å². The minimum atomic E-state index is -3.71. The lowest BCUT2D eigenvalue weighted by Gasteiger charge is -2.22. The van der Waals surface area contributed by atoms with E-state index in [0.29, 0.717) is 25.4 Å². The van der Waals surface area contributed by atoms with E-state index in [2.05, 4.69) is 10.6 Å². The highest BCUT2D eigenvalue weighted by atomic mass is 32.2. The van der Waals surface area contributed by atoms with Crippen molar-refractivity contribution in [3.8, 4) is 0 Å². The summed E-state index contributed by atoms with van der Waals surface area (Å²) in [5.74, 6) is -0.219. The number of sulfonamides is 1. The number of rotatable bonds is 3. The zero-order chi connectivity index (χ0) is 13.9. The van der Waals surface area contributed by atoms with Crippen LogP contribution in [0.2, 0.25) is 0 Å². The number of hydrogen-bond acceptors (Lipinski definition) is 5. The van der Waals surface area contributed by atoms with Crippen molar-refractivity contribution in [2.45, 2.75) is 10.9 Å². The summed E-state index contributed by atoms with van der Waals surface area (Å²) in [5, 5.41) is 10.7. The quantitative estimate of drug-likeness (QED) is 0.677. The maximum absolute atomic E-state index is 11.9. The lowest BCUT2D eigenvalue weighted by Crippen LogP contribution is -2.48. The average molecular weight is 285 g/mol. The van der Waals surface area contributed by atoms with Crippen LogP contribution in [0.15, 0.2) is 29.2 Å². The van der Waals surface area contributed by atoms with Gasteiger partial charge in [0.25, 0.3) is 0 Å². The number of carbonyl (C=O) groups excluding carboxylic acids is 1.